The number of hydrogen-bond donors (Lipinski definition) is 4. The third-order valence-corrected chi connectivity index (χ3v) is 4.31. The molecule has 0 aliphatic heterocycles. The second kappa shape index (κ2) is 8.43. The van der Waals surface area contributed by atoms with E-state index >= 15 is 0 Å². The number of benzene rings is 2. The largest absolute Gasteiger partial charge is 0.505 e. The van der Waals surface area contributed by atoms with Crippen LogP contribution in [0.25, 0.3) is 11.3 Å². The number of nitrogens with zero attached hydrogens (tertiary/aromatic N) is 2. The van der Waals surface area contributed by atoms with Gasteiger partial charge in [0.1, 0.15) is 5.82 Å². The first-order chi connectivity index (χ1) is 13.0. The van der Waals surface area contributed by atoms with Crippen LogP contribution in [0.15, 0.2) is 48.5 Å². The number of hydrogen-bond acceptors (Lipinski definition) is 6. The van der Waals surface area contributed by atoms with Gasteiger partial charge in [0, 0.05) is 23.4 Å². The highest BCUT2D eigenvalue weighted by atomic mass is 35.5. The zero-order valence-corrected chi connectivity index (χ0v) is 16.0. The van der Waals surface area contributed by atoms with Crippen LogP contribution < -0.4 is 10.6 Å². The van der Waals surface area contributed by atoms with Crippen molar-refractivity contribution in [1.29, 1.82) is 0 Å². The molecule has 0 spiro atoms. The van der Waals surface area contributed by atoms with Crippen molar-refractivity contribution in [3.63, 3.8) is 0 Å². The molecule has 2 aromatic carbocycles. The van der Waals surface area contributed by atoms with Gasteiger partial charge >= 0.3 is 0 Å². The molecule has 0 fully saturated rings. The molecule has 0 aliphatic rings. The number of halogens is 2. The lowest BCUT2D eigenvalue weighted by Crippen LogP contribution is -2.21. The van der Waals surface area contributed by atoms with Crippen molar-refractivity contribution < 1.29 is 10.2 Å². The zero-order valence-electron chi connectivity index (χ0n) is 14.4. The van der Waals surface area contributed by atoms with Crippen molar-refractivity contribution >= 4 is 40.7 Å². The number of phenolic OH excluding ortho intramolecular Hbond substituents is 1. The number of phenols is 1. The minimum Gasteiger partial charge on any atom is -0.505 e. The fourth-order valence-electron chi connectivity index (χ4n) is 2.38. The van der Waals surface area contributed by atoms with Crippen molar-refractivity contribution in [2.45, 2.75) is 13.0 Å². The molecule has 140 valence electrons. The number of aliphatic hydroxyl groups is 1. The van der Waals surface area contributed by atoms with Gasteiger partial charge in [-0.1, -0.05) is 53.5 Å². The molecule has 0 saturated carbocycles. The van der Waals surface area contributed by atoms with E-state index in [0.717, 1.165) is 5.56 Å². The molecular weight excluding hydrogens is 387 g/mol. The summed E-state index contributed by atoms with van der Waals surface area (Å²) in [6.07, 6.45) is 0. The topological polar surface area (TPSA) is 90.3 Å². The lowest BCUT2D eigenvalue weighted by atomic mass is 10.1. The van der Waals surface area contributed by atoms with Crippen molar-refractivity contribution in [3.05, 3.63) is 58.6 Å². The predicted molar refractivity (Wildman–Crippen MR) is 109 cm³/mol. The van der Waals surface area contributed by atoms with E-state index in [1.165, 1.54) is 0 Å². The molecule has 0 saturated heterocycles. The Labute approximate surface area is 166 Å². The minimum absolute atomic E-state index is 0.0507. The average Bonchev–Trinajstić information content (AvgIpc) is 2.66. The maximum atomic E-state index is 9.71. The van der Waals surface area contributed by atoms with E-state index in [0.29, 0.717) is 23.1 Å². The Morgan fingerprint density at radius 2 is 1.70 bits per heavy atom. The maximum absolute atomic E-state index is 9.71. The third kappa shape index (κ3) is 4.80. The number of nitrogens with one attached hydrogen (secondary N) is 2. The molecule has 8 heteroatoms. The van der Waals surface area contributed by atoms with Crippen LogP contribution in [0.3, 0.4) is 0 Å². The Balaban J connectivity index is 1.99. The van der Waals surface area contributed by atoms with Crippen molar-refractivity contribution in [2.24, 2.45) is 0 Å². The van der Waals surface area contributed by atoms with E-state index in [9.17, 15) is 10.2 Å². The molecule has 3 aromatic rings. The molecule has 0 bridgehead atoms. The summed E-state index contributed by atoms with van der Waals surface area (Å²) in [6, 6.07) is 14.4. The first kappa shape index (κ1) is 19.2. The second-order valence-electron chi connectivity index (χ2n) is 5.97. The van der Waals surface area contributed by atoms with Crippen LogP contribution in [-0.2, 0) is 0 Å². The van der Waals surface area contributed by atoms with E-state index < -0.39 is 0 Å². The van der Waals surface area contributed by atoms with Gasteiger partial charge in [-0.2, -0.15) is 4.98 Å². The van der Waals surface area contributed by atoms with Gasteiger partial charge < -0.3 is 20.8 Å². The van der Waals surface area contributed by atoms with Gasteiger partial charge in [0.15, 0.2) is 5.75 Å². The first-order valence-corrected chi connectivity index (χ1v) is 8.99. The highest BCUT2D eigenvalue weighted by Crippen LogP contribution is 2.35. The Morgan fingerprint density at radius 3 is 2.33 bits per heavy atom. The first-order valence-electron chi connectivity index (χ1n) is 8.23. The van der Waals surface area contributed by atoms with Crippen LogP contribution in [0.4, 0.5) is 17.5 Å². The molecule has 6 nitrogen and oxygen atoms in total. The molecule has 0 radical (unpaired) electrons. The maximum Gasteiger partial charge on any atom is 0.225 e. The summed E-state index contributed by atoms with van der Waals surface area (Å²) in [5, 5.41) is 25.4. The van der Waals surface area contributed by atoms with Crippen molar-refractivity contribution in [3.8, 4) is 17.0 Å². The number of rotatable bonds is 6. The molecule has 1 atom stereocenters. The van der Waals surface area contributed by atoms with Gasteiger partial charge in [-0.25, -0.2) is 4.98 Å². The van der Waals surface area contributed by atoms with Gasteiger partial charge in [-0.05, 0) is 19.1 Å². The van der Waals surface area contributed by atoms with E-state index in [1.54, 1.807) is 18.2 Å². The molecule has 1 heterocycles. The lowest BCUT2D eigenvalue weighted by molar-refractivity contribution is 0.281. The summed E-state index contributed by atoms with van der Waals surface area (Å²) in [4.78, 5) is 8.95. The van der Waals surface area contributed by atoms with Crippen molar-refractivity contribution in [1.82, 2.24) is 9.97 Å². The van der Waals surface area contributed by atoms with E-state index in [4.69, 9.17) is 23.2 Å². The molecule has 0 amide bonds. The lowest BCUT2D eigenvalue weighted by Gasteiger charge is -2.14. The van der Waals surface area contributed by atoms with Gasteiger partial charge in [0.2, 0.25) is 5.95 Å². The highest BCUT2D eigenvalue weighted by Gasteiger charge is 2.11. The van der Waals surface area contributed by atoms with Crippen LogP contribution >= 0.6 is 23.2 Å². The van der Waals surface area contributed by atoms with Crippen LogP contribution in [0.2, 0.25) is 10.0 Å². The third-order valence-electron chi connectivity index (χ3n) is 3.73. The molecule has 0 unspecified atom stereocenters. The smallest absolute Gasteiger partial charge is 0.225 e. The summed E-state index contributed by atoms with van der Waals surface area (Å²) < 4.78 is 0. The SMILES string of the molecule is C[C@H](CO)Nc1nc(Nc2cc(Cl)c(O)c(Cl)c2)cc(-c2ccccc2)n1. The van der Waals surface area contributed by atoms with Crippen LogP contribution in [-0.4, -0.2) is 32.8 Å². The molecular formula is C19H18Cl2N4O2. The molecule has 1 aromatic heterocycles. The highest BCUT2D eigenvalue weighted by molar-refractivity contribution is 6.37. The van der Waals surface area contributed by atoms with Crippen LogP contribution in [0.1, 0.15) is 6.92 Å². The molecule has 3 rings (SSSR count). The Bertz CT molecular complexity index is 915. The fraction of sp³-hybridized carbons (Fsp3) is 0.158. The van der Waals surface area contributed by atoms with Gasteiger partial charge in [-0.15, -0.1) is 0 Å². The van der Waals surface area contributed by atoms with E-state index in [-0.39, 0.29) is 28.4 Å². The fourth-order valence-corrected chi connectivity index (χ4v) is 2.87. The van der Waals surface area contributed by atoms with E-state index in [1.807, 2.05) is 37.3 Å². The summed E-state index contributed by atoms with van der Waals surface area (Å²) in [6.45, 7) is 1.77. The van der Waals surface area contributed by atoms with Gasteiger partial charge in [0.05, 0.1) is 22.3 Å². The summed E-state index contributed by atoms with van der Waals surface area (Å²) in [5.41, 5.74) is 2.20. The standard InChI is InChI=1S/C19H18Cl2N4O2/c1-11(10-26)22-19-24-16(12-5-3-2-4-6-12)9-17(25-19)23-13-7-14(20)18(27)15(21)8-13/h2-9,11,26-27H,10H2,1H3,(H2,22,23,24,25)/t11-/m1/s1. The number of aromatic hydroxyl groups is 1. The van der Waals surface area contributed by atoms with Gasteiger partial charge in [-0.3, -0.25) is 0 Å². The second-order valence-corrected chi connectivity index (χ2v) is 6.78. The number of anilines is 3. The van der Waals surface area contributed by atoms with Crippen LogP contribution in [0.5, 0.6) is 5.75 Å². The number of aromatic nitrogens is 2. The molecule has 27 heavy (non-hydrogen) atoms. The number of aliphatic hydroxyl groups excluding tert-OH is 1. The van der Waals surface area contributed by atoms with Gasteiger partial charge in [0.25, 0.3) is 0 Å². The quantitative estimate of drug-likeness (QED) is 0.445. The normalized spacial score (nSPS) is 11.9. The van der Waals surface area contributed by atoms with Crippen LogP contribution in [0, 0.1) is 0 Å². The summed E-state index contributed by atoms with van der Waals surface area (Å²) >= 11 is 12.0. The Kier molecular flexibility index (Phi) is 6.01. The predicted octanol–water partition coefficient (Wildman–Crippen LogP) is 4.69. The van der Waals surface area contributed by atoms with E-state index in [2.05, 4.69) is 20.6 Å². The zero-order chi connectivity index (χ0) is 19.4. The summed E-state index contributed by atoms with van der Waals surface area (Å²) in [7, 11) is 0. The van der Waals surface area contributed by atoms with Crippen molar-refractivity contribution in [2.75, 3.05) is 17.2 Å². The molecule has 4 N–H and O–H groups in total. The minimum atomic E-state index is -0.207. The Morgan fingerprint density at radius 1 is 1.04 bits per heavy atom. The summed E-state index contributed by atoms with van der Waals surface area (Å²) in [5.74, 6) is 0.710. The molecule has 0 aliphatic carbocycles. The Hall–Kier alpha value is -2.54. The average molecular weight is 405 g/mol. The monoisotopic (exact) mass is 404 g/mol.